The number of esters is 1. The number of carbonyl (C=O) groups excluding carboxylic acids is 1. The molecule has 31 heavy (non-hydrogen) atoms. The number of thiazole rings is 1. The van der Waals surface area contributed by atoms with Crippen molar-refractivity contribution in [1.82, 2.24) is 15.6 Å². The van der Waals surface area contributed by atoms with E-state index in [0.29, 0.717) is 42.2 Å². The van der Waals surface area contributed by atoms with Crippen LogP contribution in [-0.2, 0) is 11.3 Å². The van der Waals surface area contributed by atoms with Gasteiger partial charge < -0.3 is 20.1 Å². The number of aromatic nitrogens is 1. The van der Waals surface area contributed by atoms with Gasteiger partial charge in [-0.05, 0) is 44.4 Å². The maximum absolute atomic E-state index is 12.0. The van der Waals surface area contributed by atoms with E-state index in [4.69, 9.17) is 9.47 Å². The molecular formula is C22H33IN4O3S. The lowest BCUT2D eigenvalue weighted by molar-refractivity contribution is 0.0531. The molecular weight excluding hydrogens is 527 g/mol. The summed E-state index contributed by atoms with van der Waals surface area (Å²) in [6, 6.07) is 7.92. The lowest BCUT2D eigenvalue weighted by atomic mass is 10.2. The normalized spacial score (nSPS) is 12.2. The van der Waals surface area contributed by atoms with Crippen molar-refractivity contribution >= 4 is 47.2 Å². The van der Waals surface area contributed by atoms with Crippen LogP contribution in [0.25, 0.3) is 0 Å². The molecule has 1 aromatic heterocycles. The van der Waals surface area contributed by atoms with Crippen LogP contribution in [0.5, 0.6) is 5.75 Å². The summed E-state index contributed by atoms with van der Waals surface area (Å²) in [5.74, 6) is 1.67. The predicted molar refractivity (Wildman–Crippen MR) is 137 cm³/mol. The number of guanidine groups is 1. The zero-order valence-electron chi connectivity index (χ0n) is 19.0. The lowest BCUT2D eigenvalue weighted by Gasteiger charge is -2.16. The van der Waals surface area contributed by atoms with Crippen LogP contribution in [0.4, 0.5) is 0 Å². The largest absolute Gasteiger partial charge is 0.493 e. The minimum atomic E-state index is -0.326. The molecule has 2 rings (SSSR count). The number of nitrogens with one attached hydrogen (secondary N) is 2. The Morgan fingerprint density at radius 3 is 2.68 bits per heavy atom. The van der Waals surface area contributed by atoms with Gasteiger partial charge in [0.15, 0.2) is 5.96 Å². The molecule has 172 valence electrons. The molecule has 0 spiro atoms. The summed E-state index contributed by atoms with van der Waals surface area (Å²) >= 11 is 1.34. The van der Waals surface area contributed by atoms with E-state index in [1.54, 1.807) is 14.0 Å². The summed E-state index contributed by atoms with van der Waals surface area (Å²) in [5.41, 5.74) is 1.78. The lowest BCUT2D eigenvalue weighted by Crippen LogP contribution is -2.38. The molecule has 0 bridgehead atoms. The Hall–Kier alpha value is -1.88. The molecule has 0 fully saturated rings. The number of rotatable bonds is 9. The molecule has 0 saturated heterocycles. The van der Waals surface area contributed by atoms with Crippen molar-refractivity contribution in [3.63, 3.8) is 0 Å². The van der Waals surface area contributed by atoms with Gasteiger partial charge in [0.1, 0.15) is 15.6 Å². The molecule has 0 aliphatic rings. The summed E-state index contributed by atoms with van der Waals surface area (Å²) in [6.45, 7) is 11.5. The van der Waals surface area contributed by atoms with Crippen molar-refractivity contribution in [3.8, 4) is 5.75 Å². The predicted octanol–water partition coefficient (Wildman–Crippen LogP) is 4.71. The highest BCUT2D eigenvalue weighted by atomic mass is 127. The number of carbonyl (C=O) groups is 1. The molecule has 7 nitrogen and oxygen atoms in total. The first-order chi connectivity index (χ1) is 14.3. The Morgan fingerprint density at radius 2 is 2.03 bits per heavy atom. The van der Waals surface area contributed by atoms with Gasteiger partial charge in [-0.15, -0.1) is 35.3 Å². The number of ether oxygens (including phenoxy) is 2. The maximum atomic E-state index is 12.0. The molecule has 0 saturated carbocycles. The minimum Gasteiger partial charge on any atom is -0.493 e. The van der Waals surface area contributed by atoms with E-state index in [0.717, 1.165) is 16.3 Å². The number of halogens is 1. The SMILES string of the molecule is CCOC(=O)c1sc(C(C)NC(=NC)NCc2cccc(OCC(C)C)c2)nc1C.I. The topological polar surface area (TPSA) is 84.8 Å². The number of nitrogens with zero attached hydrogens (tertiary/aromatic N) is 2. The molecule has 2 N–H and O–H groups in total. The van der Waals surface area contributed by atoms with Crippen LogP contribution in [0.15, 0.2) is 29.3 Å². The van der Waals surface area contributed by atoms with E-state index in [-0.39, 0.29) is 36.0 Å². The van der Waals surface area contributed by atoms with Gasteiger partial charge in [-0.1, -0.05) is 26.0 Å². The number of aryl methyl sites for hydroxylation is 1. The molecule has 0 radical (unpaired) electrons. The third kappa shape index (κ3) is 8.64. The molecule has 1 heterocycles. The zero-order chi connectivity index (χ0) is 22.1. The Morgan fingerprint density at radius 1 is 1.29 bits per heavy atom. The van der Waals surface area contributed by atoms with E-state index >= 15 is 0 Å². The van der Waals surface area contributed by atoms with E-state index < -0.39 is 0 Å². The highest BCUT2D eigenvalue weighted by Crippen LogP contribution is 2.24. The zero-order valence-corrected chi connectivity index (χ0v) is 22.2. The van der Waals surface area contributed by atoms with Gasteiger partial charge in [0.2, 0.25) is 0 Å². The van der Waals surface area contributed by atoms with Crippen LogP contribution in [0.2, 0.25) is 0 Å². The molecule has 0 aliphatic heterocycles. The summed E-state index contributed by atoms with van der Waals surface area (Å²) in [6.07, 6.45) is 0. The molecule has 1 unspecified atom stereocenters. The number of aliphatic imine (C=N–C) groups is 1. The first-order valence-corrected chi connectivity index (χ1v) is 11.0. The van der Waals surface area contributed by atoms with Gasteiger partial charge in [0, 0.05) is 13.6 Å². The van der Waals surface area contributed by atoms with Gasteiger partial charge in [0.25, 0.3) is 0 Å². The highest BCUT2D eigenvalue weighted by Gasteiger charge is 2.20. The van der Waals surface area contributed by atoms with Crippen LogP contribution in [-0.4, -0.2) is 37.2 Å². The number of hydrogen-bond acceptors (Lipinski definition) is 6. The first kappa shape index (κ1) is 27.2. The van der Waals surface area contributed by atoms with E-state index in [1.807, 2.05) is 38.1 Å². The number of benzene rings is 1. The van der Waals surface area contributed by atoms with Crippen LogP contribution < -0.4 is 15.4 Å². The summed E-state index contributed by atoms with van der Waals surface area (Å²) < 4.78 is 10.9. The fraction of sp³-hybridized carbons (Fsp3) is 0.500. The summed E-state index contributed by atoms with van der Waals surface area (Å²) in [5, 5.41) is 7.44. The average Bonchev–Trinajstić information content (AvgIpc) is 3.12. The van der Waals surface area contributed by atoms with E-state index in [9.17, 15) is 4.79 Å². The molecule has 0 aliphatic carbocycles. The molecule has 2 aromatic rings. The van der Waals surface area contributed by atoms with Crippen molar-refractivity contribution < 1.29 is 14.3 Å². The van der Waals surface area contributed by atoms with Gasteiger partial charge in [-0.25, -0.2) is 9.78 Å². The van der Waals surface area contributed by atoms with E-state index in [2.05, 4.69) is 34.5 Å². The fourth-order valence-corrected chi connectivity index (χ4v) is 3.61. The van der Waals surface area contributed by atoms with Crippen LogP contribution in [0.3, 0.4) is 0 Å². The van der Waals surface area contributed by atoms with Gasteiger partial charge >= 0.3 is 5.97 Å². The van der Waals surface area contributed by atoms with Gasteiger partial charge in [-0.2, -0.15) is 0 Å². The second-order valence-corrected chi connectivity index (χ2v) is 8.36. The van der Waals surface area contributed by atoms with Crippen LogP contribution >= 0.6 is 35.3 Å². The van der Waals surface area contributed by atoms with Gasteiger partial charge in [0.05, 0.1) is 24.9 Å². The molecule has 0 amide bonds. The fourth-order valence-electron chi connectivity index (χ4n) is 2.64. The standard InChI is InChI=1S/C22H32N4O3S.HI/c1-7-28-21(27)19-15(4)25-20(30-19)16(5)26-22(23-6)24-12-17-9-8-10-18(11-17)29-13-14(2)3;/h8-11,14,16H,7,12-13H2,1-6H3,(H2,23,24,26);1H. The third-order valence-corrected chi connectivity index (χ3v) is 5.48. The second-order valence-electron chi connectivity index (χ2n) is 7.33. The Kier molecular flexibility index (Phi) is 11.8. The summed E-state index contributed by atoms with van der Waals surface area (Å²) in [4.78, 5) is 21.4. The van der Waals surface area contributed by atoms with Crippen molar-refractivity contribution in [2.75, 3.05) is 20.3 Å². The van der Waals surface area contributed by atoms with Gasteiger partial charge in [-0.3, -0.25) is 4.99 Å². The third-order valence-electron chi connectivity index (χ3n) is 4.16. The van der Waals surface area contributed by atoms with E-state index in [1.165, 1.54) is 11.3 Å². The number of hydrogen-bond donors (Lipinski definition) is 2. The molecule has 1 atom stereocenters. The van der Waals surface area contributed by atoms with Crippen molar-refractivity contribution in [2.24, 2.45) is 10.9 Å². The molecule has 1 aromatic carbocycles. The Labute approximate surface area is 206 Å². The second kappa shape index (κ2) is 13.5. The Bertz CT molecular complexity index is 870. The van der Waals surface area contributed by atoms with Crippen molar-refractivity contribution in [2.45, 2.75) is 47.2 Å². The smallest absolute Gasteiger partial charge is 0.350 e. The van der Waals surface area contributed by atoms with Crippen LogP contribution in [0.1, 0.15) is 59.7 Å². The maximum Gasteiger partial charge on any atom is 0.350 e. The average molecular weight is 561 g/mol. The monoisotopic (exact) mass is 560 g/mol. The first-order valence-electron chi connectivity index (χ1n) is 10.2. The van der Waals surface area contributed by atoms with Crippen molar-refractivity contribution in [1.29, 1.82) is 0 Å². The van der Waals surface area contributed by atoms with Crippen LogP contribution in [0, 0.1) is 12.8 Å². The summed E-state index contributed by atoms with van der Waals surface area (Å²) in [7, 11) is 1.72. The molecule has 9 heteroatoms. The quantitative estimate of drug-likeness (QED) is 0.200. The van der Waals surface area contributed by atoms with Crippen molar-refractivity contribution in [3.05, 3.63) is 45.4 Å². The minimum absolute atomic E-state index is 0. The Balaban J connectivity index is 0.00000480. The highest BCUT2D eigenvalue weighted by molar-refractivity contribution is 14.0.